The molecule has 4 nitrogen and oxygen atoms in total. The van der Waals surface area contributed by atoms with Gasteiger partial charge in [-0.2, -0.15) is 5.10 Å². The van der Waals surface area contributed by atoms with Crippen molar-refractivity contribution in [2.75, 3.05) is 0 Å². The van der Waals surface area contributed by atoms with Crippen molar-refractivity contribution in [2.45, 2.75) is 26.8 Å². The molecule has 5 heteroatoms. The SMILES string of the molecule is Cc1cc(C)n(-c2ccc(C(=O)NC(C)c3ccc(F)cc3)cc2)n1. The van der Waals surface area contributed by atoms with Gasteiger partial charge in [0.05, 0.1) is 17.4 Å². The van der Waals surface area contributed by atoms with Crippen LogP contribution in [0.15, 0.2) is 54.6 Å². The summed E-state index contributed by atoms with van der Waals surface area (Å²) in [5.74, 6) is -0.459. The summed E-state index contributed by atoms with van der Waals surface area (Å²) in [6.45, 7) is 5.81. The van der Waals surface area contributed by atoms with Gasteiger partial charge in [-0.3, -0.25) is 4.79 Å². The molecule has 1 atom stereocenters. The third-order valence-corrected chi connectivity index (χ3v) is 4.10. The second-order valence-electron chi connectivity index (χ2n) is 6.13. The Morgan fingerprint density at radius 3 is 2.28 bits per heavy atom. The first-order valence-corrected chi connectivity index (χ1v) is 8.14. The summed E-state index contributed by atoms with van der Waals surface area (Å²) in [6.07, 6.45) is 0. The van der Waals surface area contributed by atoms with Gasteiger partial charge in [0.2, 0.25) is 0 Å². The molecule has 0 bridgehead atoms. The van der Waals surface area contributed by atoms with Crippen LogP contribution in [0.5, 0.6) is 0 Å². The van der Waals surface area contributed by atoms with Crippen molar-refractivity contribution in [1.29, 1.82) is 0 Å². The number of carbonyl (C=O) groups is 1. The minimum absolute atomic E-state index is 0.170. The maximum Gasteiger partial charge on any atom is 0.251 e. The van der Waals surface area contributed by atoms with Crippen LogP contribution in [0.4, 0.5) is 4.39 Å². The number of rotatable bonds is 4. The Labute approximate surface area is 146 Å². The summed E-state index contributed by atoms with van der Waals surface area (Å²) < 4.78 is 14.8. The summed E-state index contributed by atoms with van der Waals surface area (Å²) in [6, 6.07) is 15.2. The predicted octanol–water partition coefficient (Wildman–Crippen LogP) is 4.12. The van der Waals surface area contributed by atoms with Crippen LogP contribution in [0.25, 0.3) is 5.69 Å². The van der Waals surface area contributed by atoms with Crippen LogP contribution in [0.1, 0.15) is 40.3 Å². The highest BCUT2D eigenvalue weighted by Gasteiger charge is 2.12. The second-order valence-corrected chi connectivity index (χ2v) is 6.13. The Morgan fingerprint density at radius 2 is 1.72 bits per heavy atom. The maximum atomic E-state index is 13.0. The number of hydrogen-bond donors (Lipinski definition) is 1. The van der Waals surface area contributed by atoms with E-state index in [9.17, 15) is 9.18 Å². The van der Waals surface area contributed by atoms with Crippen molar-refractivity contribution < 1.29 is 9.18 Å². The largest absolute Gasteiger partial charge is 0.346 e. The molecule has 1 N–H and O–H groups in total. The van der Waals surface area contributed by atoms with Crippen LogP contribution in [-0.2, 0) is 0 Å². The smallest absolute Gasteiger partial charge is 0.251 e. The molecule has 0 spiro atoms. The van der Waals surface area contributed by atoms with Crippen molar-refractivity contribution in [3.63, 3.8) is 0 Å². The van der Waals surface area contributed by atoms with Gasteiger partial charge in [0.15, 0.2) is 0 Å². The second kappa shape index (κ2) is 6.89. The van der Waals surface area contributed by atoms with Crippen LogP contribution in [0.2, 0.25) is 0 Å². The number of benzene rings is 2. The van der Waals surface area contributed by atoms with Crippen molar-refractivity contribution in [2.24, 2.45) is 0 Å². The number of nitrogens with zero attached hydrogens (tertiary/aromatic N) is 2. The summed E-state index contributed by atoms with van der Waals surface area (Å²) in [5, 5.41) is 7.36. The Bertz CT molecular complexity index is 882. The first kappa shape index (κ1) is 16.9. The Kier molecular flexibility index (Phi) is 4.65. The lowest BCUT2D eigenvalue weighted by atomic mass is 10.1. The Morgan fingerprint density at radius 1 is 1.08 bits per heavy atom. The molecule has 0 aliphatic heterocycles. The standard InChI is InChI=1S/C20H20FN3O/c1-13-12-14(2)24(23-13)19-10-6-17(7-11-19)20(25)22-15(3)16-4-8-18(21)9-5-16/h4-12,15H,1-3H3,(H,22,25). The average Bonchev–Trinajstić information content (AvgIpc) is 2.94. The molecule has 1 amide bonds. The lowest BCUT2D eigenvalue weighted by Crippen LogP contribution is -2.26. The third kappa shape index (κ3) is 3.76. The van der Waals surface area contributed by atoms with Gasteiger partial charge in [0.1, 0.15) is 5.82 Å². The normalized spacial score (nSPS) is 12.0. The highest BCUT2D eigenvalue weighted by atomic mass is 19.1. The Balaban J connectivity index is 1.72. The van der Waals surface area contributed by atoms with E-state index >= 15 is 0 Å². The molecular formula is C20H20FN3O. The van der Waals surface area contributed by atoms with E-state index in [0.717, 1.165) is 22.6 Å². The molecule has 3 rings (SSSR count). The van der Waals surface area contributed by atoms with Crippen LogP contribution >= 0.6 is 0 Å². The lowest BCUT2D eigenvalue weighted by molar-refractivity contribution is 0.0940. The summed E-state index contributed by atoms with van der Waals surface area (Å²) in [4.78, 5) is 12.4. The highest BCUT2D eigenvalue weighted by Crippen LogP contribution is 2.16. The first-order valence-electron chi connectivity index (χ1n) is 8.14. The van der Waals surface area contributed by atoms with Gasteiger partial charge < -0.3 is 5.32 Å². The molecule has 0 saturated heterocycles. The van der Waals surface area contributed by atoms with Crippen LogP contribution < -0.4 is 5.32 Å². The predicted molar refractivity (Wildman–Crippen MR) is 95.3 cm³/mol. The van der Waals surface area contributed by atoms with Gasteiger partial charge >= 0.3 is 0 Å². The molecule has 0 aliphatic rings. The van der Waals surface area contributed by atoms with Crippen molar-refractivity contribution >= 4 is 5.91 Å². The number of aryl methyl sites for hydroxylation is 2. The number of halogens is 1. The van der Waals surface area contributed by atoms with E-state index in [-0.39, 0.29) is 17.8 Å². The highest BCUT2D eigenvalue weighted by molar-refractivity contribution is 5.94. The number of aromatic nitrogens is 2. The average molecular weight is 337 g/mol. The fraction of sp³-hybridized carbons (Fsp3) is 0.200. The van der Waals surface area contributed by atoms with E-state index < -0.39 is 0 Å². The molecule has 1 heterocycles. The molecule has 3 aromatic rings. The quantitative estimate of drug-likeness (QED) is 0.778. The monoisotopic (exact) mass is 337 g/mol. The van der Waals surface area contributed by atoms with Gasteiger partial charge in [-0.15, -0.1) is 0 Å². The maximum absolute atomic E-state index is 13.0. The van der Waals surface area contributed by atoms with Crippen molar-refractivity contribution in [3.05, 3.63) is 82.9 Å². The zero-order valence-electron chi connectivity index (χ0n) is 14.5. The zero-order chi connectivity index (χ0) is 18.0. The fourth-order valence-electron chi connectivity index (χ4n) is 2.76. The van der Waals surface area contributed by atoms with Gasteiger partial charge in [-0.05, 0) is 68.8 Å². The molecule has 0 aliphatic carbocycles. The summed E-state index contributed by atoms with van der Waals surface area (Å²) >= 11 is 0. The molecule has 1 aromatic heterocycles. The van der Waals surface area contributed by atoms with Crippen LogP contribution in [0.3, 0.4) is 0 Å². The van der Waals surface area contributed by atoms with E-state index in [1.807, 2.05) is 43.7 Å². The van der Waals surface area contributed by atoms with Gasteiger partial charge in [0, 0.05) is 11.3 Å². The third-order valence-electron chi connectivity index (χ3n) is 4.10. The Hall–Kier alpha value is -2.95. The molecule has 2 aromatic carbocycles. The van der Waals surface area contributed by atoms with Gasteiger partial charge in [-0.1, -0.05) is 12.1 Å². The topological polar surface area (TPSA) is 46.9 Å². The minimum Gasteiger partial charge on any atom is -0.346 e. The summed E-state index contributed by atoms with van der Waals surface area (Å²) in [7, 11) is 0. The number of carbonyl (C=O) groups excluding carboxylic acids is 1. The molecule has 1 unspecified atom stereocenters. The molecule has 0 radical (unpaired) electrons. The van der Waals surface area contributed by atoms with E-state index in [0.29, 0.717) is 5.56 Å². The van der Waals surface area contributed by atoms with Crippen molar-refractivity contribution in [1.82, 2.24) is 15.1 Å². The van der Waals surface area contributed by atoms with Crippen molar-refractivity contribution in [3.8, 4) is 5.69 Å². The molecule has 128 valence electrons. The molecular weight excluding hydrogens is 317 g/mol. The fourth-order valence-corrected chi connectivity index (χ4v) is 2.76. The van der Waals surface area contributed by atoms with E-state index in [2.05, 4.69) is 10.4 Å². The van der Waals surface area contributed by atoms with Gasteiger partial charge in [-0.25, -0.2) is 9.07 Å². The number of amides is 1. The molecule has 0 fully saturated rings. The molecule has 0 saturated carbocycles. The van der Waals surface area contributed by atoms with Gasteiger partial charge in [0.25, 0.3) is 5.91 Å². The molecule has 25 heavy (non-hydrogen) atoms. The van der Waals surface area contributed by atoms with E-state index in [4.69, 9.17) is 0 Å². The summed E-state index contributed by atoms with van der Waals surface area (Å²) in [5.41, 5.74) is 4.33. The lowest BCUT2D eigenvalue weighted by Gasteiger charge is -2.14. The zero-order valence-corrected chi connectivity index (χ0v) is 14.5. The number of hydrogen-bond acceptors (Lipinski definition) is 2. The van der Waals surface area contributed by atoms with E-state index in [1.54, 1.807) is 24.3 Å². The minimum atomic E-state index is -0.290. The van der Waals surface area contributed by atoms with Crippen LogP contribution in [0, 0.1) is 19.7 Å². The van der Waals surface area contributed by atoms with Crippen LogP contribution in [-0.4, -0.2) is 15.7 Å². The van der Waals surface area contributed by atoms with E-state index in [1.165, 1.54) is 12.1 Å². The number of nitrogens with one attached hydrogen (secondary N) is 1. The first-order chi connectivity index (χ1) is 11.9.